The monoisotopic (exact) mass is 322 g/mol. The van der Waals surface area contributed by atoms with E-state index in [0.29, 0.717) is 12.2 Å². The summed E-state index contributed by atoms with van der Waals surface area (Å²) in [5.41, 5.74) is 3.70. The zero-order valence-electron chi connectivity index (χ0n) is 13.6. The summed E-state index contributed by atoms with van der Waals surface area (Å²) >= 11 is 0. The van der Waals surface area contributed by atoms with E-state index >= 15 is 0 Å². The smallest absolute Gasteiger partial charge is 0.290 e. The van der Waals surface area contributed by atoms with Gasteiger partial charge in [-0.15, -0.1) is 0 Å². The molecule has 5 nitrogen and oxygen atoms in total. The highest BCUT2D eigenvalue weighted by Crippen LogP contribution is 2.19. The van der Waals surface area contributed by atoms with Crippen molar-refractivity contribution in [1.82, 2.24) is 10.5 Å². The number of ether oxygens (including phenoxy) is 1. The van der Waals surface area contributed by atoms with Crippen LogP contribution in [0.25, 0.3) is 11.3 Å². The van der Waals surface area contributed by atoms with E-state index in [1.165, 1.54) is 5.56 Å². The highest BCUT2D eigenvalue weighted by atomic mass is 16.5. The molecule has 5 heteroatoms. The van der Waals surface area contributed by atoms with Crippen LogP contribution in [0.2, 0.25) is 0 Å². The number of carbonyl (C=O) groups is 1. The minimum atomic E-state index is -0.295. The zero-order chi connectivity index (χ0) is 16.9. The van der Waals surface area contributed by atoms with Gasteiger partial charge in [0.05, 0.1) is 7.11 Å². The third kappa shape index (κ3) is 3.63. The number of carbonyl (C=O) groups excluding carboxylic acids is 1. The van der Waals surface area contributed by atoms with E-state index in [-0.39, 0.29) is 11.7 Å². The van der Waals surface area contributed by atoms with Crippen LogP contribution in [0, 0.1) is 6.92 Å². The number of aryl methyl sites for hydroxylation is 1. The summed E-state index contributed by atoms with van der Waals surface area (Å²) in [7, 11) is 1.62. The highest BCUT2D eigenvalue weighted by Gasteiger charge is 2.13. The molecule has 1 N–H and O–H groups in total. The highest BCUT2D eigenvalue weighted by molar-refractivity contribution is 5.92. The Morgan fingerprint density at radius 2 is 1.83 bits per heavy atom. The molecule has 0 unspecified atom stereocenters. The number of aromatic nitrogens is 1. The van der Waals surface area contributed by atoms with Crippen LogP contribution in [0.15, 0.2) is 59.1 Å². The summed E-state index contributed by atoms with van der Waals surface area (Å²) < 4.78 is 10.3. The maximum atomic E-state index is 12.2. The van der Waals surface area contributed by atoms with Gasteiger partial charge in [-0.2, -0.15) is 0 Å². The van der Waals surface area contributed by atoms with Crippen LogP contribution in [0.4, 0.5) is 0 Å². The minimum Gasteiger partial charge on any atom is -0.497 e. The summed E-state index contributed by atoms with van der Waals surface area (Å²) in [5.74, 6) is 0.679. The molecule has 24 heavy (non-hydrogen) atoms. The van der Waals surface area contributed by atoms with Crippen LogP contribution in [0.3, 0.4) is 0 Å². The molecule has 3 rings (SSSR count). The molecule has 1 aromatic heterocycles. The number of amides is 1. The van der Waals surface area contributed by atoms with Crippen LogP contribution >= 0.6 is 0 Å². The Morgan fingerprint density at radius 1 is 1.12 bits per heavy atom. The van der Waals surface area contributed by atoms with Gasteiger partial charge in [-0.1, -0.05) is 47.1 Å². The summed E-state index contributed by atoms with van der Waals surface area (Å²) in [5, 5.41) is 6.78. The minimum absolute atomic E-state index is 0.194. The van der Waals surface area contributed by atoms with Crippen LogP contribution in [-0.2, 0) is 6.54 Å². The van der Waals surface area contributed by atoms with Gasteiger partial charge >= 0.3 is 0 Å². The lowest BCUT2D eigenvalue weighted by Gasteiger charge is -2.04. The van der Waals surface area contributed by atoms with Gasteiger partial charge in [-0.05, 0) is 24.6 Å². The van der Waals surface area contributed by atoms with Crippen LogP contribution in [0.5, 0.6) is 5.75 Å². The summed E-state index contributed by atoms with van der Waals surface area (Å²) in [6.45, 7) is 2.42. The maximum Gasteiger partial charge on any atom is 0.290 e. The number of nitrogens with one attached hydrogen (secondary N) is 1. The van der Waals surface area contributed by atoms with Crippen molar-refractivity contribution in [3.63, 3.8) is 0 Å². The molecule has 1 amide bonds. The Kier molecular flexibility index (Phi) is 4.61. The zero-order valence-corrected chi connectivity index (χ0v) is 13.6. The maximum absolute atomic E-state index is 12.2. The molecular weight excluding hydrogens is 304 g/mol. The van der Waals surface area contributed by atoms with Crippen molar-refractivity contribution in [2.75, 3.05) is 7.11 Å². The Balaban J connectivity index is 1.64. The first-order valence-electron chi connectivity index (χ1n) is 7.60. The van der Waals surface area contributed by atoms with Crippen molar-refractivity contribution in [1.29, 1.82) is 0 Å². The quantitative estimate of drug-likeness (QED) is 0.779. The normalized spacial score (nSPS) is 10.4. The third-order valence-corrected chi connectivity index (χ3v) is 3.69. The summed E-state index contributed by atoms with van der Waals surface area (Å²) in [6, 6.07) is 17.0. The van der Waals surface area contributed by atoms with Gasteiger partial charge in [0, 0.05) is 18.2 Å². The Labute approximate surface area is 140 Å². The standard InChI is InChI=1S/C19H18N2O3/c1-13-3-7-15(8-4-13)17-11-18(24-21-17)19(22)20-12-14-5-9-16(23-2)10-6-14/h3-11H,12H2,1-2H3,(H,20,22). The van der Waals surface area contributed by atoms with E-state index in [0.717, 1.165) is 16.9 Å². The number of nitrogens with zero attached hydrogens (tertiary/aromatic N) is 1. The largest absolute Gasteiger partial charge is 0.497 e. The Hall–Kier alpha value is -3.08. The van der Waals surface area contributed by atoms with Gasteiger partial charge in [0.2, 0.25) is 5.76 Å². The summed E-state index contributed by atoms with van der Waals surface area (Å²) in [6.07, 6.45) is 0. The average Bonchev–Trinajstić information content (AvgIpc) is 3.11. The molecular formula is C19H18N2O3. The van der Waals surface area contributed by atoms with Crippen molar-refractivity contribution < 1.29 is 14.1 Å². The van der Waals surface area contributed by atoms with E-state index in [1.54, 1.807) is 13.2 Å². The molecule has 0 radical (unpaired) electrons. The molecule has 0 bridgehead atoms. The summed E-state index contributed by atoms with van der Waals surface area (Å²) in [4.78, 5) is 12.2. The molecule has 0 saturated carbocycles. The molecule has 0 saturated heterocycles. The van der Waals surface area contributed by atoms with Gasteiger partial charge in [0.25, 0.3) is 5.91 Å². The van der Waals surface area contributed by atoms with E-state index in [1.807, 2.05) is 55.5 Å². The molecule has 0 spiro atoms. The molecule has 1 heterocycles. The van der Waals surface area contributed by atoms with E-state index in [9.17, 15) is 4.79 Å². The molecule has 0 aliphatic carbocycles. The van der Waals surface area contributed by atoms with Crippen LogP contribution < -0.4 is 10.1 Å². The van der Waals surface area contributed by atoms with Crippen molar-refractivity contribution in [3.8, 4) is 17.0 Å². The number of hydrogen-bond donors (Lipinski definition) is 1. The van der Waals surface area contributed by atoms with Crippen LogP contribution in [-0.4, -0.2) is 18.2 Å². The predicted molar refractivity (Wildman–Crippen MR) is 90.8 cm³/mol. The molecule has 0 fully saturated rings. The fraction of sp³-hybridized carbons (Fsp3) is 0.158. The van der Waals surface area contributed by atoms with Gasteiger partial charge < -0.3 is 14.6 Å². The molecule has 3 aromatic rings. The average molecular weight is 322 g/mol. The first kappa shape index (κ1) is 15.8. The molecule has 2 aromatic carbocycles. The van der Waals surface area contributed by atoms with Gasteiger partial charge in [-0.3, -0.25) is 4.79 Å². The molecule has 0 atom stereocenters. The first-order chi connectivity index (χ1) is 11.7. The fourth-order valence-electron chi connectivity index (χ4n) is 2.26. The van der Waals surface area contributed by atoms with Gasteiger partial charge in [0.15, 0.2) is 0 Å². The second-order valence-corrected chi connectivity index (χ2v) is 5.47. The third-order valence-electron chi connectivity index (χ3n) is 3.69. The Bertz CT molecular complexity index is 821. The lowest BCUT2D eigenvalue weighted by molar-refractivity contribution is 0.0914. The molecule has 122 valence electrons. The SMILES string of the molecule is COc1ccc(CNC(=O)c2cc(-c3ccc(C)cc3)no2)cc1. The predicted octanol–water partition coefficient (Wildman–Crippen LogP) is 3.59. The first-order valence-corrected chi connectivity index (χ1v) is 7.60. The lowest BCUT2D eigenvalue weighted by atomic mass is 10.1. The topological polar surface area (TPSA) is 64.4 Å². The van der Waals surface area contributed by atoms with E-state index in [4.69, 9.17) is 9.26 Å². The van der Waals surface area contributed by atoms with Gasteiger partial charge in [-0.25, -0.2) is 0 Å². The second-order valence-electron chi connectivity index (χ2n) is 5.47. The molecule has 0 aliphatic heterocycles. The number of rotatable bonds is 5. The van der Waals surface area contributed by atoms with Crippen LogP contribution in [0.1, 0.15) is 21.7 Å². The second kappa shape index (κ2) is 7.00. The lowest BCUT2D eigenvalue weighted by Crippen LogP contribution is -2.22. The van der Waals surface area contributed by atoms with Crippen molar-refractivity contribution in [3.05, 3.63) is 71.5 Å². The van der Waals surface area contributed by atoms with Gasteiger partial charge in [0.1, 0.15) is 11.4 Å². The number of benzene rings is 2. The Morgan fingerprint density at radius 3 is 2.50 bits per heavy atom. The number of hydrogen-bond acceptors (Lipinski definition) is 4. The fourth-order valence-corrected chi connectivity index (χ4v) is 2.26. The molecule has 0 aliphatic rings. The van der Waals surface area contributed by atoms with Crippen molar-refractivity contribution >= 4 is 5.91 Å². The van der Waals surface area contributed by atoms with Crippen molar-refractivity contribution in [2.45, 2.75) is 13.5 Å². The number of methoxy groups -OCH3 is 1. The van der Waals surface area contributed by atoms with E-state index < -0.39 is 0 Å². The van der Waals surface area contributed by atoms with Crippen molar-refractivity contribution in [2.24, 2.45) is 0 Å². The van der Waals surface area contributed by atoms with E-state index in [2.05, 4.69) is 10.5 Å².